The molecule has 116 valence electrons. The van der Waals surface area contributed by atoms with Crippen LogP contribution in [0, 0.1) is 0 Å². The number of nitrogens with zero attached hydrogens (tertiary/aromatic N) is 3. The second-order valence-corrected chi connectivity index (χ2v) is 7.20. The summed E-state index contributed by atoms with van der Waals surface area (Å²) < 4.78 is 2.87. The molecular weight excluding hydrogens is 390 g/mol. The normalized spacial score (nSPS) is 14.0. The highest BCUT2D eigenvalue weighted by Gasteiger charge is 2.25. The van der Waals surface area contributed by atoms with Crippen LogP contribution >= 0.6 is 39.3 Å². The molecule has 1 aromatic heterocycles. The van der Waals surface area contributed by atoms with E-state index in [1.807, 2.05) is 29.8 Å². The first-order valence-corrected chi connectivity index (χ1v) is 8.60. The van der Waals surface area contributed by atoms with Gasteiger partial charge in [-0.25, -0.2) is 9.78 Å². The zero-order chi connectivity index (χ0) is 15.9. The molecule has 1 amide bonds. The first kappa shape index (κ1) is 15.7. The van der Waals surface area contributed by atoms with Gasteiger partial charge in [-0.2, -0.15) is 0 Å². The summed E-state index contributed by atoms with van der Waals surface area (Å²) in [6.07, 6.45) is -0.224. The molecule has 5 nitrogen and oxygen atoms in total. The monoisotopic (exact) mass is 401 g/mol. The third kappa shape index (κ3) is 2.85. The van der Waals surface area contributed by atoms with Crippen LogP contribution < -0.4 is 0 Å². The minimum Gasteiger partial charge on any atom is -0.465 e. The van der Waals surface area contributed by atoms with E-state index in [0.29, 0.717) is 24.5 Å². The fourth-order valence-electron chi connectivity index (χ4n) is 2.42. The second kappa shape index (κ2) is 6.14. The third-order valence-electron chi connectivity index (χ3n) is 3.60. The number of imidazole rings is 1. The SMILES string of the molecule is Cn1c(Sc2cccc(Br)c2Cl)nc2c1CCN(C(=O)O)C2. The summed E-state index contributed by atoms with van der Waals surface area (Å²) in [7, 11) is 1.95. The lowest BCUT2D eigenvalue weighted by Crippen LogP contribution is -2.35. The average Bonchev–Trinajstić information content (AvgIpc) is 2.80. The predicted octanol–water partition coefficient (Wildman–Crippen LogP) is 4.02. The lowest BCUT2D eigenvalue weighted by atomic mass is 10.1. The Balaban J connectivity index is 1.90. The molecule has 1 aliphatic heterocycles. The number of aromatic nitrogens is 2. The molecule has 0 bridgehead atoms. The maximum absolute atomic E-state index is 11.1. The maximum atomic E-state index is 11.1. The van der Waals surface area contributed by atoms with Crippen LogP contribution in [0.3, 0.4) is 0 Å². The Morgan fingerprint density at radius 3 is 3.00 bits per heavy atom. The molecule has 0 spiro atoms. The van der Waals surface area contributed by atoms with E-state index in [0.717, 1.165) is 25.9 Å². The van der Waals surface area contributed by atoms with Gasteiger partial charge in [0.15, 0.2) is 5.16 Å². The number of amides is 1. The third-order valence-corrected chi connectivity index (χ3v) is 6.12. The van der Waals surface area contributed by atoms with Crippen LogP contribution in [0.1, 0.15) is 11.4 Å². The van der Waals surface area contributed by atoms with Gasteiger partial charge in [0.25, 0.3) is 0 Å². The molecule has 1 N–H and O–H groups in total. The summed E-state index contributed by atoms with van der Waals surface area (Å²) in [5.74, 6) is 0. The smallest absolute Gasteiger partial charge is 0.407 e. The first-order valence-electron chi connectivity index (χ1n) is 6.61. The molecule has 2 aromatic rings. The van der Waals surface area contributed by atoms with Gasteiger partial charge in [0.05, 0.1) is 17.3 Å². The van der Waals surface area contributed by atoms with Crippen LogP contribution in [0.15, 0.2) is 32.7 Å². The quantitative estimate of drug-likeness (QED) is 0.824. The van der Waals surface area contributed by atoms with Gasteiger partial charge in [0.2, 0.25) is 0 Å². The van der Waals surface area contributed by atoms with Gasteiger partial charge in [0.1, 0.15) is 0 Å². The Kier molecular flexibility index (Phi) is 4.38. The van der Waals surface area contributed by atoms with Crippen molar-refractivity contribution in [1.82, 2.24) is 14.5 Å². The Hall–Kier alpha value is -1.18. The Bertz CT molecular complexity index is 750. The molecule has 0 radical (unpaired) electrons. The molecule has 0 aliphatic carbocycles. The van der Waals surface area contributed by atoms with Gasteiger partial charge in [-0.1, -0.05) is 29.4 Å². The summed E-state index contributed by atoms with van der Waals surface area (Å²) in [4.78, 5) is 18.0. The highest BCUT2D eigenvalue weighted by atomic mass is 79.9. The second-order valence-electron chi connectivity index (χ2n) is 4.95. The van der Waals surface area contributed by atoms with E-state index in [2.05, 4.69) is 20.9 Å². The van der Waals surface area contributed by atoms with Gasteiger partial charge in [-0.05, 0) is 28.1 Å². The topological polar surface area (TPSA) is 58.4 Å². The van der Waals surface area contributed by atoms with E-state index < -0.39 is 6.09 Å². The molecule has 2 heterocycles. The van der Waals surface area contributed by atoms with Crippen LogP contribution in [0.5, 0.6) is 0 Å². The summed E-state index contributed by atoms with van der Waals surface area (Å²) in [6.45, 7) is 0.842. The van der Waals surface area contributed by atoms with Gasteiger partial charge >= 0.3 is 6.09 Å². The van der Waals surface area contributed by atoms with Gasteiger partial charge in [-0.15, -0.1) is 0 Å². The van der Waals surface area contributed by atoms with Crippen molar-refractivity contribution in [3.05, 3.63) is 39.1 Å². The summed E-state index contributed by atoms with van der Waals surface area (Å²) in [5.41, 5.74) is 1.91. The minimum atomic E-state index is -0.902. The highest BCUT2D eigenvalue weighted by molar-refractivity contribution is 9.10. The number of halogens is 2. The lowest BCUT2D eigenvalue weighted by Gasteiger charge is -2.23. The summed E-state index contributed by atoms with van der Waals surface area (Å²) >= 11 is 11.2. The number of rotatable bonds is 2. The first-order chi connectivity index (χ1) is 10.5. The Morgan fingerprint density at radius 2 is 2.27 bits per heavy atom. The van der Waals surface area contributed by atoms with Crippen LogP contribution in [0.25, 0.3) is 0 Å². The van der Waals surface area contributed by atoms with Crippen molar-refractivity contribution in [2.75, 3.05) is 6.54 Å². The van der Waals surface area contributed by atoms with E-state index in [4.69, 9.17) is 16.7 Å². The fraction of sp³-hybridized carbons (Fsp3) is 0.286. The number of carbonyl (C=O) groups is 1. The van der Waals surface area contributed by atoms with Gasteiger partial charge in [0, 0.05) is 35.1 Å². The van der Waals surface area contributed by atoms with E-state index in [-0.39, 0.29) is 0 Å². The zero-order valence-electron chi connectivity index (χ0n) is 11.7. The van der Waals surface area contributed by atoms with Gasteiger partial charge in [-0.3, -0.25) is 0 Å². The van der Waals surface area contributed by atoms with Crippen LogP contribution in [-0.2, 0) is 20.0 Å². The van der Waals surface area contributed by atoms with Crippen LogP contribution in [-0.4, -0.2) is 32.2 Å². The molecular formula is C14H13BrClN3O2S. The van der Waals surface area contributed by atoms with Crippen molar-refractivity contribution in [1.29, 1.82) is 0 Å². The number of hydrogen-bond donors (Lipinski definition) is 1. The summed E-state index contributed by atoms with van der Waals surface area (Å²) in [6, 6.07) is 5.75. The molecule has 0 unspecified atom stereocenters. The zero-order valence-corrected chi connectivity index (χ0v) is 14.9. The molecule has 0 saturated heterocycles. The minimum absolute atomic E-state index is 0.339. The molecule has 0 atom stereocenters. The van der Waals surface area contributed by atoms with Crippen LogP contribution in [0.2, 0.25) is 5.02 Å². The predicted molar refractivity (Wildman–Crippen MR) is 88.6 cm³/mol. The fourth-order valence-corrected chi connectivity index (χ4v) is 4.10. The Morgan fingerprint density at radius 1 is 1.50 bits per heavy atom. The number of carboxylic acid groups (broad SMARTS) is 1. The number of hydrogen-bond acceptors (Lipinski definition) is 3. The molecule has 1 aromatic carbocycles. The highest BCUT2D eigenvalue weighted by Crippen LogP contribution is 2.37. The molecule has 22 heavy (non-hydrogen) atoms. The molecule has 0 saturated carbocycles. The van der Waals surface area contributed by atoms with Crippen LogP contribution in [0.4, 0.5) is 4.79 Å². The maximum Gasteiger partial charge on any atom is 0.407 e. The number of benzene rings is 1. The van der Waals surface area contributed by atoms with E-state index in [1.54, 1.807) is 0 Å². The van der Waals surface area contributed by atoms with Crippen molar-refractivity contribution in [2.24, 2.45) is 7.05 Å². The van der Waals surface area contributed by atoms with Crippen molar-refractivity contribution >= 4 is 45.4 Å². The average molecular weight is 403 g/mol. The van der Waals surface area contributed by atoms with Crippen molar-refractivity contribution in [3.63, 3.8) is 0 Å². The molecule has 1 aliphatic rings. The molecule has 8 heteroatoms. The van der Waals surface area contributed by atoms with E-state index in [1.165, 1.54) is 16.7 Å². The van der Waals surface area contributed by atoms with E-state index in [9.17, 15) is 4.79 Å². The molecule has 0 fully saturated rings. The van der Waals surface area contributed by atoms with Crippen molar-refractivity contribution < 1.29 is 9.90 Å². The number of fused-ring (bicyclic) bond motifs is 1. The largest absolute Gasteiger partial charge is 0.465 e. The summed E-state index contributed by atoms with van der Waals surface area (Å²) in [5, 5.41) is 10.6. The standard InChI is InChI=1S/C14H13BrClN3O2S/c1-18-10-5-6-19(14(20)21)7-9(10)17-13(18)22-11-4-2-3-8(15)12(11)16/h2-4H,5-7H2,1H3,(H,20,21). The van der Waals surface area contributed by atoms with Gasteiger partial charge < -0.3 is 14.6 Å². The van der Waals surface area contributed by atoms with E-state index >= 15 is 0 Å². The Labute approximate surface area is 145 Å². The van der Waals surface area contributed by atoms with Crippen molar-refractivity contribution in [3.8, 4) is 0 Å². The lowest BCUT2D eigenvalue weighted by molar-refractivity contribution is 0.139. The molecule has 3 rings (SSSR count). The van der Waals surface area contributed by atoms with Crippen molar-refractivity contribution in [2.45, 2.75) is 23.0 Å².